The van der Waals surface area contributed by atoms with Crippen LogP contribution in [0.4, 0.5) is 0 Å². The molecule has 1 aliphatic rings. The smallest absolute Gasteiger partial charge is 0.145 e. The maximum absolute atomic E-state index is 5.36. The molecule has 3 nitrogen and oxygen atoms in total. The third-order valence-electron chi connectivity index (χ3n) is 9.82. The molecule has 0 bridgehead atoms. The summed E-state index contributed by atoms with van der Waals surface area (Å²) in [6, 6.07) is 61.0. The van der Waals surface area contributed by atoms with Crippen LogP contribution in [0.1, 0.15) is 22.9 Å². The molecule has 2 aromatic heterocycles. The molecular formula is C46H31N3S. The van der Waals surface area contributed by atoms with E-state index in [9.17, 15) is 0 Å². The van der Waals surface area contributed by atoms with Gasteiger partial charge in [0.25, 0.3) is 0 Å². The monoisotopic (exact) mass is 657 g/mol. The first kappa shape index (κ1) is 28.8. The fourth-order valence-corrected chi connectivity index (χ4v) is 8.56. The Kier molecular flexibility index (Phi) is 6.74. The van der Waals surface area contributed by atoms with Crippen molar-refractivity contribution in [3.8, 4) is 16.8 Å². The molecule has 3 heterocycles. The lowest BCUT2D eigenvalue weighted by Crippen LogP contribution is -2.24. The van der Waals surface area contributed by atoms with E-state index in [1.54, 1.807) is 0 Å². The van der Waals surface area contributed by atoms with Crippen LogP contribution >= 0.6 is 11.3 Å². The predicted molar refractivity (Wildman–Crippen MR) is 212 cm³/mol. The number of para-hydroxylation sites is 2. The average molecular weight is 658 g/mol. The van der Waals surface area contributed by atoms with Gasteiger partial charge in [0.1, 0.15) is 6.17 Å². The maximum atomic E-state index is 5.36. The van der Waals surface area contributed by atoms with E-state index in [4.69, 9.17) is 4.99 Å². The number of hydrogen-bond donors (Lipinski definition) is 1. The first-order valence-corrected chi connectivity index (χ1v) is 17.8. The van der Waals surface area contributed by atoms with Crippen molar-refractivity contribution >= 4 is 64.7 Å². The quantitative estimate of drug-likeness (QED) is 0.196. The van der Waals surface area contributed by atoms with Crippen LogP contribution in [-0.2, 0) is 0 Å². The van der Waals surface area contributed by atoms with Crippen LogP contribution in [0.15, 0.2) is 181 Å². The molecule has 0 saturated heterocycles. The third kappa shape index (κ3) is 4.84. The van der Waals surface area contributed by atoms with Gasteiger partial charge < -0.3 is 9.88 Å². The van der Waals surface area contributed by atoms with Crippen LogP contribution < -0.4 is 5.32 Å². The summed E-state index contributed by atoms with van der Waals surface area (Å²) in [5.74, 6) is 0. The van der Waals surface area contributed by atoms with Crippen molar-refractivity contribution in [3.05, 3.63) is 193 Å². The van der Waals surface area contributed by atoms with Gasteiger partial charge in [0.2, 0.25) is 0 Å². The number of nitrogens with zero attached hydrogens (tertiary/aromatic N) is 2. The van der Waals surface area contributed by atoms with Gasteiger partial charge in [-0.15, -0.1) is 11.3 Å². The molecule has 1 atom stereocenters. The summed E-state index contributed by atoms with van der Waals surface area (Å²) in [5, 5.41) is 8.89. The molecular weight excluding hydrogens is 627 g/mol. The minimum absolute atomic E-state index is 0.247. The number of thiophene rings is 1. The zero-order valence-corrected chi connectivity index (χ0v) is 27.9. The van der Waals surface area contributed by atoms with Gasteiger partial charge in [-0.25, -0.2) is 0 Å². The van der Waals surface area contributed by atoms with E-state index in [2.05, 4.69) is 186 Å². The number of benzene rings is 7. The number of fused-ring (bicyclic) bond motifs is 6. The Labute approximate surface area is 294 Å². The van der Waals surface area contributed by atoms with Gasteiger partial charge in [0.15, 0.2) is 0 Å². The van der Waals surface area contributed by atoms with Crippen LogP contribution in [-0.4, -0.2) is 10.3 Å². The highest BCUT2D eigenvalue weighted by Crippen LogP contribution is 2.37. The highest BCUT2D eigenvalue weighted by molar-refractivity contribution is 7.25. The van der Waals surface area contributed by atoms with Crippen molar-refractivity contribution in [2.45, 2.75) is 6.17 Å². The molecule has 0 spiro atoms. The van der Waals surface area contributed by atoms with Crippen molar-refractivity contribution in [1.29, 1.82) is 0 Å². The van der Waals surface area contributed by atoms with Crippen molar-refractivity contribution in [3.63, 3.8) is 0 Å². The van der Waals surface area contributed by atoms with Crippen LogP contribution in [0.3, 0.4) is 0 Å². The van der Waals surface area contributed by atoms with Crippen molar-refractivity contribution in [2.24, 2.45) is 4.99 Å². The van der Waals surface area contributed by atoms with E-state index in [1.165, 1.54) is 47.5 Å². The van der Waals surface area contributed by atoms with E-state index >= 15 is 0 Å². The number of hydrogen-bond acceptors (Lipinski definition) is 3. The van der Waals surface area contributed by atoms with Gasteiger partial charge in [-0.2, -0.15) is 0 Å². The van der Waals surface area contributed by atoms with Crippen LogP contribution in [0, 0.1) is 0 Å². The summed E-state index contributed by atoms with van der Waals surface area (Å²) in [6.45, 7) is 0. The number of aromatic nitrogens is 1. The molecule has 0 amide bonds. The van der Waals surface area contributed by atoms with E-state index in [-0.39, 0.29) is 6.17 Å². The largest absolute Gasteiger partial charge is 0.360 e. The first-order valence-electron chi connectivity index (χ1n) is 17.0. The minimum atomic E-state index is -0.247. The molecule has 0 radical (unpaired) electrons. The zero-order chi connectivity index (χ0) is 33.0. The average Bonchev–Trinajstić information content (AvgIpc) is 3.73. The first-order chi connectivity index (χ1) is 24.8. The molecule has 4 heteroatoms. The molecule has 50 heavy (non-hydrogen) atoms. The van der Waals surface area contributed by atoms with Crippen molar-refractivity contribution in [2.75, 3.05) is 0 Å². The van der Waals surface area contributed by atoms with Crippen LogP contribution in [0.25, 0.3) is 64.5 Å². The van der Waals surface area contributed by atoms with Gasteiger partial charge in [0, 0.05) is 47.9 Å². The number of rotatable bonds is 5. The molecule has 1 aliphatic heterocycles. The van der Waals surface area contributed by atoms with E-state index in [1.807, 2.05) is 11.3 Å². The molecule has 0 aliphatic carbocycles. The van der Waals surface area contributed by atoms with Gasteiger partial charge >= 0.3 is 0 Å². The molecule has 10 rings (SSSR count). The summed E-state index contributed by atoms with van der Waals surface area (Å²) in [6.07, 6.45) is 1.95. The van der Waals surface area contributed by atoms with Gasteiger partial charge in [-0.1, -0.05) is 127 Å². The maximum Gasteiger partial charge on any atom is 0.145 e. The normalized spacial score (nSPS) is 14.6. The lowest BCUT2D eigenvalue weighted by Gasteiger charge is -2.25. The van der Waals surface area contributed by atoms with Crippen molar-refractivity contribution < 1.29 is 0 Å². The second-order valence-electron chi connectivity index (χ2n) is 12.8. The second kappa shape index (κ2) is 11.7. The number of nitrogens with one attached hydrogen (secondary N) is 1. The van der Waals surface area contributed by atoms with E-state index in [0.29, 0.717) is 0 Å². The predicted octanol–water partition coefficient (Wildman–Crippen LogP) is 12.0. The van der Waals surface area contributed by atoms with E-state index < -0.39 is 0 Å². The summed E-state index contributed by atoms with van der Waals surface area (Å²) >= 11 is 1.84. The van der Waals surface area contributed by atoms with Gasteiger partial charge in [-0.3, -0.25) is 4.99 Å². The van der Waals surface area contributed by atoms with E-state index in [0.717, 1.165) is 39.3 Å². The Balaban J connectivity index is 1.08. The fourth-order valence-electron chi connectivity index (χ4n) is 7.41. The molecule has 0 fully saturated rings. The third-order valence-corrected chi connectivity index (χ3v) is 11.0. The SMILES string of the molecule is C1=C(c2ccccc2)NC(c2cccc(-c3ccc4c5ccccc5n(-c5ccccc5)c4c3)c2)N=C1c1ccc2c(c1)sc1ccccc12. The standard InChI is InChI=1S/C46H31N3S/c1-3-12-30(13-4-1)40-29-41(33-23-25-39-38-19-8-10-21-44(38)50-45(39)28-33)48-46(47-40)34-15-11-14-31(26-34)32-22-24-37-36-18-7-9-20-42(36)49(43(37)27-32)35-16-5-2-6-17-35/h1-29,46-47H. The van der Waals surface area contributed by atoms with Crippen molar-refractivity contribution in [1.82, 2.24) is 9.88 Å². The molecule has 0 saturated carbocycles. The molecule has 1 N–H and O–H groups in total. The van der Waals surface area contributed by atoms with Crippen LogP contribution in [0.2, 0.25) is 0 Å². The summed E-state index contributed by atoms with van der Waals surface area (Å²) in [7, 11) is 0. The Bertz CT molecular complexity index is 2790. The summed E-state index contributed by atoms with van der Waals surface area (Å²) < 4.78 is 4.97. The molecule has 7 aromatic carbocycles. The Morgan fingerprint density at radius 1 is 0.480 bits per heavy atom. The van der Waals surface area contributed by atoms with Crippen LogP contribution in [0.5, 0.6) is 0 Å². The molecule has 9 aromatic rings. The Morgan fingerprint density at radius 2 is 1.14 bits per heavy atom. The lowest BCUT2D eigenvalue weighted by atomic mass is 9.98. The highest BCUT2D eigenvalue weighted by atomic mass is 32.1. The van der Waals surface area contributed by atoms with Gasteiger partial charge in [0.05, 0.1) is 16.7 Å². The second-order valence-corrected chi connectivity index (χ2v) is 13.9. The van der Waals surface area contributed by atoms with Gasteiger partial charge in [-0.05, 0) is 70.8 Å². The number of allylic oxidation sites excluding steroid dienone is 1. The summed E-state index contributed by atoms with van der Waals surface area (Å²) in [5.41, 5.74) is 11.3. The molecule has 1 unspecified atom stereocenters. The Hall–Kier alpha value is -6.23. The topological polar surface area (TPSA) is 29.3 Å². The molecule has 236 valence electrons. The highest BCUT2D eigenvalue weighted by Gasteiger charge is 2.21. The summed E-state index contributed by atoms with van der Waals surface area (Å²) in [4.78, 5) is 5.36. The zero-order valence-electron chi connectivity index (χ0n) is 27.1. The number of aliphatic imine (C=N–C) groups is 1. The fraction of sp³-hybridized carbons (Fsp3) is 0.0217. The lowest BCUT2D eigenvalue weighted by molar-refractivity contribution is 0.664. The Morgan fingerprint density at radius 3 is 2.02 bits per heavy atom. The minimum Gasteiger partial charge on any atom is -0.360 e.